The number of aromatic nitrogens is 1. The molecule has 3 nitrogen and oxygen atoms in total. The van der Waals surface area contributed by atoms with E-state index in [0.717, 1.165) is 12.8 Å². The zero-order chi connectivity index (χ0) is 12.8. The van der Waals surface area contributed by atoms with Gasteiger partial charge in [0.1, 0.15) is 10.8 Å². The molecular weight excluding hydrogens is 236 g/mol. The van der Waals surface area contributed by atoms with E-state index >= 15 is 0 Å². The van der Waals surface area contributed by atoms with Gasteiger partial charge in [-0.15, -0.1) is 0 Å². The Morgan fingerprint density at radius 2 is 2.06 bits per heavy atom. The maximum Gasteiger partial charge on any atom is 0.270 e. The van der Waals surface area contributed by atoms with Crippen LogP contribution in [0.25, 0.3) is 0 Å². The Bertz CT molecular complexity index is 379. The van der Waals surface area contributed by atoms with Crippen molar-refractivity contribution >= 4 is 17.5 Å². The molecule has 0 saturated heterocycles. The van der Waals surface area contributed by atoms with E-state index in [9.17, 15) is 4.79 Å². The van der Waals surface area contributed by atoms with Gasteiger partial charge < -0.3 is 5.32 Å². The van der Waals surface area contributed by atoms with Crippen LogP contribution in [0.5, 0.6) is 0 Å². The van der Waals surface area contributed by atoms with E-state index in [1.807, 2.05) is 6.92 Å². The van der Waals surface area contributed by atoms with Crippen molar-refractivity contribution < 1.29 is 4.79 Å². The quantitative estimate of drug-likeness (QED) is 0.820. The topological polar surface area (TPSA) is 42.0 Å². The molecule has 1 N–H and O–H groups in total. The normalized spacial score (nSPS) is 12.5. The van der Waals surface area contributed by atoms with Crippen LogP contribution in [0.1, 0.15) is 44.1 Å². The SMILES string of the molecule is CC(C)CCC(C)NC(=O)c1cccc(Cl)n1. The van der Waals surface area contributed by atoms with Gasteiger partial charge in [0, 0.05) is 6.04 Å². The van der Waals surface area contributed by atoms with Crippen LogP contribution in [0.3, 0.4) is 0 Å². The summed E-state index contributed by atoms with van der Waals surface area (Å²) in [6.07, 6.45) is 2.08. The molecule has 0 aromatic carbocycles. The Labute approximate surface area is 108 Å². The fraction of sp³-hybridized carbons (Fsp3) is 0.538. The van der Waals surface area contributed by atoms with Crippen LogP contribution in [-0.2, 0) is 0 Å². The molecule has 1 heterocycles. The number of nitrogens with one attached hydrogen (secondary N) is 1. The second-order valence-corrected chi connectivity index (χ2v) is 5.08. The van der Waals surface area contributed by atoms with Gasteiger partial charge in [0.25, 0.3) is 5.91 Å². The van der Waals surface area contributed by atoms with Crippen molar-refractivity contribution in [1.29, 1.82) is 0 Å². The van der Waals surface area contributed by atoms with Gasteiger partial charge in [0.15, 0.2) is 0 Å². The molecule has 0 bridgehead atoms. The monoisotopic (exact) mass is 254 g/mol. The maximum atomic E-state index is 11.8. The van der Waals surface area contributed by atoms with E-state index in [2.05, 4.69) is 24.1 Å². The van der Waals surface area contributed by atoms with Crippen molar-refractivity contribution in [3.63, 3.8) is 0 Å². The van der Waals surface area contributed by atoms with E-state index in [0.29, 0.717) is 16.8 Å². The van der Waals surface area contributed by atoms with Crippen LogP contribution in [0.2, 0.25) is 5.15 Å². The first-order valence-corrected chi connectivity index (χ1v) is 6.30. The van der Waals surface area contributed by atoms with Gasteiger partial charge in [-0.05, 0) is 37.8 Å². The molecule has 0 spiro atoms. The zero-order valence-electron chi connectivity index (χ0n) is 10.5. The molecule has 1 atom stereocenters. The highest BCUT2D eigenvalue weighted by atomic mass is 35.5. The first-order valence-electron chi connectivity index (χ1n) is 5.92. The van der Waals surface area contributed by atoms with Gasteiger partial charge in [-0.2, -0.15) is 0 Å². The van der Waals surface area contributed by atoms with Crippen molar-refractivity contribution in [3.8, 4) is 0 Å². The Morgan fingerprint density at radius 3 is 2.65 bits per heavy atom. The van der Waals surface area contributed by atoms with Crippen molar-refractivity contribution in [2.24, 2.45) is 5.92 Å². The maximum absolute atomic E-state index is 11.8. The predicted octanol–water partition coefficient (Wildman–Crippen LogP) is 3.29. The average molecular weight is 255 g/mol. The Hall–Kier alpha value is -1.09. The van der Waals surface area contributed by atoms with Crippen LogP contribution in [0.4, 0.5) is 0 Å². The number of hydrogen-bond donors (Lipinski definition) is 1. The molecular formula is C13H19ClN2O. The number of pyridine rings is 1. The highest BCUT2D eigenvalue weighted by Crippen LogP contribution is 2.08. The van der Waals surface area contributed by atoms with Crippen molar-refractivity contribution in [3.05, 3.63) is 29.0 Å². The number of hydrogen-bond acceptors (Lipinski definition) is 2. The molecule has 4 heteroatoms. The number of rotatable bonds is 5. The molecule has 17 heavy (non-hydrogen) atoms. The third kappa shape index (κ3) is 5.18. The Kier molecular flexibility index (Phi) is 5.42. The van der Waals surface area contributed by atoms with E-state index in [4.69, 9.17) is 11.6 Å². The highest BCUT2D eigenvalue weighted by Gasteiger charge is 2.11. The molecule has 1 amide bonds. The summed E-state index contributed by atoms with van der Waals surface area (Å²) in [5.41, 5.74) is 0.369. The molecule has 0 radical (unpaired) electrons. The zero-order valence-corrected chi connectivity index (χ0v) is 11.3. The fourth-order valence-electron chi connectivity index (χ4n) is 1.49. The largest absolute Gasteiger partial charge is 0.348 e. The van der Waals surface area contributed by atoms with Crippen molar-refractivity contribution in [1.82, 2.24) is 10.3 Å². The lowest BCUT2D eigenvalue weighted by molar-refractivity contribution is 0.0932. The summed E-state index contributed by atoms with van der Waals surface area (Å²) in [5, 5.41) is 3.26. The number of amides is 1. The summed E-state index contributed by atoms with van der Waals surface area (Å²) in [5.74, 6) is 0.488. The molecule has 1 rings (SSSR count). The second-order valence-electron chi connectivity index (χ2n) is 4.69. The number of carbonyl (C=O) groups excluding carboxylic acids is 1. The van der Waals surface area contributed by atoms with Crippen LogP contribution < -0.4 is 5.32 Å². The molecule has 1 unspecified atom stereocenters. The molecule has 0 saturated carbocycles. The van der Waals surface area contributed by atoms with Crippen molar-refractivity contribution in [2.45, 2.75) is 39.7 Å². The summed E-state index contributed by atoms with van der Waals surface area (Å²) < 4.78 is 0. The van der Waals surface area contributed by atoms with Crippen molar-refractivity contribution in [2.75, 3.05) is 0 Å². The summed E-state index contributed by atoms with van der Waals surface area (Å²) in [6, 6.07) is 5.20. The first kappa shape index (κ1) is 14.0. The third-order valence-corrected chi connectivity index (χ3v) is 2.71. The van der Waals surface area contributed by atoms with E-state index in [1.165, 1.54) is 0 Å². The van der Waals surface area contributed by atoms with Crippen LogP contribution in [0.15, 0.2) is 18.2 Å². The molecule has 94 valence electrons. The lowest BCUT2D eigenvalue weighted by Gasteiger charge is -2.14. The second kappa shape index (κ2) is 6.60. The first-order chi connectivity index (χ1) is 7.99. The van der Waals surface area contributed by atoms with Crippen LogP contribution >= 0.6 is 11.6 Å². The molecule has 0 aliphatic heterocycles. The lowest BCUT2D eigenvalue weighted by Crippen LogP contribution is -2.33. The van der Waals surface area contributed by atoms with Gasteiger partial charge in [0.2, 0.25) is 0 Å². The van der Waals surface area contributed by atoms with E-state index < -0.39 is 0 Å². The minimum Gasteiger partial charge on any atom is -0.348 e. The van der Waals surface area contributed by atoms with E-state index in [1.54, 1.807) is 18.2 Å². The van der Waals surface area contributed by atoms with Gasteiger partial charge in [-0.1, -0.05) is 31.5 Å². The fourth-order valence-corrected chi connectivity index (χ4v) is 1.65. The standard InChI is InChI=1S/C13H19ClN2O/c1-9(2)7-8-10(3)15-13(17)11-5-4-6-12(14)16-11/h4-6,9-10H,7-8H2,1-3H3,(H,15,17). The predicted molar refractivity (Wildman–Crippen MR) is 70.2 cm³/mol. The average Bonchev–Trinajstić information content (AvgIpc) is 2.26. The minimum absolute atomic E-state index is 0.158. The smallest absolute Gasteiger partial charge is 0.270 e. The van der Waals surface area contributed by atoms with Gasteiger partial charge >= 0.3 is 0 Å². The van der Waals surface area contributed by atoms with Gasteiger partial charge in [-0.25, -0.2) is 4.98 Å². The Balaban J connectivity index is 2.49. The van der Waals surface area contributed by atoms with Gasteiger partial charge in [-0.3, -0.25) is 4.79 Å². The third-order valence-electron chi connectivity index (χ3n) is 2.50. The number of halogens is 1. The molecule has 0 aliphatic carbocycles. The summed E-state index contributed by atoms with van der Waals surface area (Å²) >= 11 is 5.74. The minimum atomic E-state index is -0.163. The van der Waals surface area contributed by atoms with E-state index in [-0.39, 0.29) is 11.9 Å². The molecule has 0 aliphatic rings. The number of nitrogens with zero attached hydrogens (tertiary/aromatic N) is 1. The number of carbonyl (C=O) groups is 1. The van der Waals surface area contributed by atoms with Gasteiger partial charge in [0.05, 0.1) is 0 Å². The Morgan fingerprint density at radius 1 is 1.35 bits per heavy atom. The highest BCUT2D eigenvalue weighted by molar-refractivity contribution is 6.29. The molecule has 1 aromatic rings. The molecule has 1 aromatic heterocycles. The summed E-state index contributed by atoms with van der Waals surface area (Å²) in [6.45, 7) is 6.35. The van der Waals surface area contributed by atoms with Crippen LogP contribution in [-0.4, -0.2) is 16.9 Å². The lowest BCUT2D eigenvalue weighted by atomic mass is 10.0. The molecule has 0 fully saturated rings. The van der Waals surface area contributed by atoms with Crippen LogP contribution in [0, 0.1) is 5.92 Å². The summed E-state index contributed by atoms with van der Waals surface area (Å²) in [7, 11) is 0. The summed E-state index contributed by atoms with van der Waals surface area (Å²) in [4.78, 5) is 15.8.